The van der Waals surface area contributed by atoms with Crippen molar-refractivity contribution in [1.82, 2.24) is 20.4 Å². The van der Waals surface area contributed by atoms with Crippen molar-refractivity contribution in [1.29, 1.82) is 0 Å². The summed E-state index contributed by atoms with van der Waals surface area (Å²) in [6.45, 7) is 7.01. The molecule has 0 saturated carbocycles. The maximum Gasteiger partial charge on any atom is 0.327 e. The number of hydrogen-bond acceptors (Lipinski definition) is 6. The van der Waals surface area contributed by atoms with Gasteiger partial charge in [0.15, 0.2) is 0 Å². The Morgan fingerprint density at radius 3 is 2.32 bits per heavy atom. The third kappa shape index (κ3) is 6.41. The van der Waals surface area contributed by atoms with Crippen molar-refractivity contribution in [3.63, 3.8) is 0 Å². The van der Waals surface area contributed by atoms with Crippen molar-refractivity contribution in [2.24, 2.45) is 5.92 Å². The number of carbonyl (C=O) groups is 3. The highest BCUT2D eigenvalue weighted by atomic mass is 16.5. The van der Waals surface area contributed by atoms with Crippen LogP contribution in [0.4, 0.5) is 0 Å². The molecule has 0 aromatic heterocycles. The monoisotopic (exact) mass is 434 g/mol. The second-order valence-electron chi connectivity index (χ2n) is 8.21. The SMILES string of the molecule is CN[C@@H](C)C(=O)N[C@H](C(=O)N1CCN(Cc2ccc(OC)cc2)C[C@H]1C(=O)O)C(C)C. The van der Waals surface area contributed by atoms with Crippen LogP contribution >= 0.6 is 0 Å². The second kappa shape index (κ2) is 11.1. The number of likely N-dealkylation sites (N-methyl/N-ethyl adjacent to an activating group) is 1. The molecule has 1 saturated heterocycles. The van der Waals surface area contributed by atoms with E-state index in [1.807, 2.05) is 43.0 Å². The molecule has 3 N–H and O–H groups in total. The first-order chi connectivity index (χ1) is 14.7. The summed E-state index contributed by atoms with van der Waals surface area (Å²) in [6.07, 6.45) is 0. The van der Waals surface area contributed by atoms with E-state index in [2.05, 4.69) is 10.6 Å². The summed E-state index contributed by atoms with van der Waals surface area (Å²) >= 11 is 0. The third-order valence-electron chi connectivity index (χ3n) is 5.65. The fourth-order valence-electron chi connectivity index (χ4n) is 3.55. The number of rotatable bonds is 9. The average Bonchev–Trinajstić information content (AvgIpc) is 2.76. The summed E-state index contributed by atoms with van der Waals surface area (Å²) in [7, 11) is 3.27. The number of piperazine rings is 1. The van der Waals surface area contributed by atoms with Crippen LogP contribution in [-0.2, 0) is 20.9 Å². The molecule has 1 fully saturated rings. The molecular weight excluding hydrogens is 400 g/mol. The van der Waals surface area contributed by atoms with Gasteiger partial charge < -0.3 is 25.4 Å². The van der Waals surface area contributed by atoms with E-state index < -0.39 is 24.1 Å². The molecule has 1 heterocycles. The summed E-state index contributed by atoms with van der Waals surface area (Å²) in [4.78, 5) is 40.9. The lowest BCUT2D eigenvalue weighted by atomic mass is 10.00. The zero-order valence-corrected chi connectivity index (χ0v) is 18.9. The maximum atomic E-state index is 13.2. The number of amides is 2. The fourth-order valence-corrected chi connectivity index (χ4v) is 3.55. The number of hydrogen-bond donors (Lipinski definition) is 3. The van der Waals surface area contributed by atoms with Crippen molar-refractivity contribution in [2.75, 3.05) is 33.8 Å². The van der Waals surface area contributed by atoms with Crippen molar-refractivity contribution in [3.8, 4) is 5.75 Å². The van der Waals surface area contributed by atoms with Crippen LogP contribution in [0.5, 0.6) is 5.75 Å². The van der Waals surface area contributed by atoms with E-state index in [-0.39, 0.29) is 30.8 Å². The Labute approximate surface area is 183 Å². The van der Waals surface area contributed by atoms with E-state index >= 15 is 0 Å². The smallest absolute Gasteiger partial charge is 0.327 e. The molecule has 0 spiro atoms. The molecule has 0 radical (unpaired) electrons. The second-order valence-corrected chi connectivity index (χ2v) is 8.21. The topological polar surface area (TPSA) is 111 Å². The van der Waals surface area contributed by atoms with Gasteiger partial charge in [0.1, 0.15) is 17.8 Å². The van der Waals surface area contributed by atoms with Crippen LogP contribution in [0.2, 0.25) is 0 Å². The van der Waals surface area contributed by atoms with E-state index in [0.717, 1.165) is 11.3 Å². The lowest BCUT2D eigenvalue weighted by molar-refractivity contribution is -0.155. The van der Waals surface area contributed by atoms with Gasteiger partial charge in [-0.1, -0.05) is 26.0 Å². The van der Waals surface area contributed by atoms with Crippen LogP contribution < -0.4 is 15.4 Å². The fraction of sp³-hybridized carbons (Fsp3) is 0.591. The van der Waals surface area contributed by atoms with Crippen LogP contribution in [0.3, 0.4) is 0 Å². The first-order valence-corrected chi connectivity index (χ1v) is 10.5. The maximum absolute atomic E-state index is 13.2. The minimum atomic E-state index is -1.05. The van der Waals surface area contributed by atoms with Crippen LogP contribution in [0.15, 0.2) is 24.3 Å². The van der Waals surface area contributed by atoms with E-state index in [1.165, 1.54) is 4.90 Å². The summed E-state index contributed by atoms with van der Waals surface area (Å²) < 4.78 is 5.17. The summed E-state index contributed by atoms with van der Waals surface area (Å²) in [5.41, 5.74) is 1.04. The number of carboxylic acids is 1. The van der Waals surface area contributed by atoms with Gasteiger partial charge in [-0.3, -0.25) is 14.5 Å². The highest BCUT2D eigenvalue weighted by Gasteiger charge is 2.39. The molecule has 2 amide bonds. The Kier molecular flexibility index (Phi) is 8.82. The van der Waals surface area contributed by atoms with E-state index in [9.17, 15) is 19.5 Å². The van der Waals surface area contributed by atoms with Crippen LogP contribution in [0.1, 0.15) is 26.3 Å². The number of methoxy groups -OCH3 is 1. The summed E-state index contributed by atoms with van der Waals surface area (Å²) in [5, 5.41) is 15.4. The van der Waals surface area contributed by atoms with Gasteiger partial charge in [-0.15, -0.1) is 0 Å². The van der Waals surface area contributed by atoms with Crippen molar-refractivity contribution in [3.05, 3.63) is 29.8 Å². The van der Waals surface area contributed by atoms with E-state index in [0.29, 0.717) is 13.1 Å². The Morgan fingerprint density at radius 1 is 1.16 bits per heavy atom. The molecule has 1 aliphatic rings. The molecule has 31 heavy (non-hydrogen) atoms. The first-order valence-electron chi connectivity index (χ1n) is 10.5. The molecule has 3 atom stereocenters. The first kappa shape index (κ1) is 24.6. The summed E-state index contributed by atoms with van der Waals surface area (Å²) in [5.74, 6) is -1.11. The quantitative estimate of drug-likeness (QED) is 0.520. The largest absolute Gasteiger partial charge is 0.497 e. The van der Waals surface area contributed by atoms with Gasteiger partial charge in [0.2, 0.25) is 11.8 Å². The highest BCUT2D eigenvalue weighted by Crippen LogP contribution is 2.18. The van der Waals surface area contributed by atoms with Gasteiger partial charge in [-0.2, -0.15) is 0 Å². The standard InChI is InChI=1S/C22H34N4O5/c1-14(2)19(24-20(27)15(3)23-4)21(28)26-11-10-25(13-18(26)22(29)30)12-16-6-8-17(31-5)9-7-16/h6-9,14-15,18-19,23H,10-13H2,1-5H3,(H,24,27)(H,29,30)/t15-,18-,19-/m0/s1. The molecule has 0 bridgehead atoms. The molecule has 2 rings (SSSR count). The number of nitrogens with zero attached hydrogens (tertiary/aromatic N) is 2. The normalized spacial score (nSPS) is 19.0. The Hall–Kier alpha value is -2.65. The predicted octanol–water partition coefficient (Wildman–Crippen LogP) is 0.541. The molecule has 1 aromatic rings. The number of carboxylic acid groups (broad SMARTS) is 1. The van der Waals surface area contributed by atoms with Crippen molar-refractivity contribution >= 4 is 17.8 Å². The zero-order valence-electron chi connectivity index (χ0n) is 18.9. The van der Waals surface area contributed by atoms with Crippen LogP contribution in [0.25, 0.3) is 0 Å². The van der Waals surface area contributed by atoms with E-state index in [4.69, 9.17) is 4.74 Å². The molecule has 1 aliphatic heterocycles. The molecule has 0 aliphatic carbocycles. The van der Waals surface area contributed by atoms with Gasteiger partial charge in [0.05, 0.1) is 13.2 Å². The van der Waals surface area contributed by atoms with Gasteiger partial charge in [-0.25, -0.2) is 4.79 Å². The number of nitrogens with one attached hydrogen (secondary N) is 2. The minimum absolute atomic E-state index is 0.174. The highest BCUT2D eigenvalue weighted by molar-refractivity contribution is 5.92. The van der Waals surface area contributed by atoms with Gasteiger partial charge in [0, 0.05) is 26.2 Å². The van der Waals surface area contributed by atoms with Crippen molar-refractivity contribution in [2.45, 2.75) is 45.4 Å². The number of carbonyl (C=O) groups excluding carboxylic acids is 2. The minimum Gasteiger partial charge on any atom is -0.497 e. The van der Waals surface area contributed by atoms with Gasteiger partial charge in [-0.05, 0) is 37.6 Å². The average molecular weight is 435 g/mol. The third-order valence-corrected chi connectivity index (χ3v) is 5.65. The Morgan fingerprint density at radius 2 is 1.81 bits per heavy atom. The Bertz CT molecular complexity index is 768. The molecular formula is C22H34N4O5. The van der Waals surface area contributed by atoms with Gasteiger partial charge >= 0.3 is 5.97 Å². The predicted molar refractivity (Wildman–Crippen MR) is 117 cm³/mol. The number of aliphatic carboxylic acids is 1. The summed E-state index contributed by atoms with van der Waals surface area (Å²) in [6, 6.07) is 5.42. The molecule has 0 unspecified atom stereocenters. The van der Waals surface area contributed by atoms with E-state index in [1.54, 1.807) is 21.1 Å². The number of ether oxygens (including phenoxy) is 1. The molecule has 9 nitrogen and oxygen atoms in total. The lowest BCUT2D eigenvalue weighted by Gasteiger charge is -2.41. The van der Waals surface area contributed by atoms with Gasteiger partial charge in [0.25, 0.3) is 0 Å². The zero-order chi connectivity index (χ0) is 23.1. The Balaban J connectivity index is 2.10. The van der Waals surface area contributed by atoms with Crippen LogP contribution in [-0.4, -0.2) is 84.6 Å². The van der Waals surface area contributed by atoms with Crippen molar-refractivity contribution < 1.29 is 24.2 Å². The molecule has 9 heteroatoms. The lowest BCUT2D eigenvalue weighted by Crippen LogP contribution is -2.63. The molecule has 1 aromatic carbocycles. The molecule has 172 valence electrons. The number of benzene rings is 1. The van der Waals surface area contributed by atoms with Crippen LogP contribution in [0, 0.1) is 5.92 Å².